The van der Waals surface area contributed by atoms with E-state index in [1.54, 1.807) is 0 Å². The molecule has 5 fully saturated rings. The lowest BCUT2D eigenvalue weighted by Crippen LogP contribution is -2.68. The number of aliphatic hydroxyl groups excluding tert-OH is 16. The second kappa shape index (κ2) is 22.2. The largest absolute Gasteiger partial charge is 0.462 e. The molecule has 0 bridgehead atoms. The highest BCUT2D eigenvalue weighted by Gasteiger charge is 2.56. The number of benzene rings is 1. The summed E-state index contributed by atoms with van der Waals surface area (Å²) in [7, 11) is 0. The molecule has 0 amide bonds. The fraction of sp³-hybridized carbons (Fsp3) is 0.833. The molecule has 6 rings (SSSR count). The zero-order valence-corrected chi connectivity index (χ0v) is 33.8. The lowest BCUT2D eigenvalue weighted by atomic mass is 9.95. The second-order valence-electron chi connectivity index (χ2n) is 15.8. The minimum absolute atomic E-state index is 0.0196. The van der Waals surface area contributed by atoms with Crippen molar-refractivity contribution in [3.05, 3.63) is 34.4 Å². The molecular formula is C36H55NO28. The first-order valence-corrected chi connectivity index (χ1v) is 20.2. The Kier molecular flexibility index (Phi) is 17.7. The Morgan fingerprint density at radius 2 is 0.677 bits per heavy atom. The predicted octanol–water partition coefficient (Wildman–Crippen LogP) is -9.93. The van der Waals surface area contributed by atoms with Crippen molar-refractivity contribution >= 4 is 5.69 Å². The van der Waals surface area contributed by atoms with Gasteiger partial charge in [0.05, 0.1) is 38.0 Å². The van der Waals surface area contributed by atoms with Crippen LogP contribution < -0.4 is 4.74 Å². The quantitative estimate of drug-likeness (QED) is 0.0540. The number of aliphatic hydroxyl groups is 16. The maximum Gasteiger partial charge on any atom is 0.269 e. The number of rotatable bonds is 16. The molecule has 0 spiro atoms. The molecule has 5 saturated heterocycles. The first-order valence-electron chi connectivity index (χ1n) is 20.2. The number of nitro groups is 1. The highest BCUT2D eigenvalue weighted by Crippen LogP contribution is 2.36. The lowest BCUT2D eigenvalue weighted by molar-refractivity contribution is -0.392. The molecule has 1 aromatic carbocycles. The van der Waals surface area contributed by atoms with Gasteiger partial charge in [0.15, 0.2) is 25.2 Å². The normalized spacial score (nSPS) is 47.3. The van der Waals surface area contributed by atoms with Crippen LogP contribution in [0.5, 0.6) is 5.75 Å². The Bertz CT molecular complexity index is 1640. The molecule has 29 heteroatoms. The summed E-state index contributed by atoms with van der Waals surface area (Å²) in [6.45, 7) is -4.63. The van der Waals surface area contributed by atoms with Crippen LogP contribution in [0.25, 0.3) is 0 Å². The molecule has 25 atom stereocenters. The molecule has 0 aliphatic carbocycles. The van der Waals surface area contributed by atoms with Gasteiger partial charge in [-0.3, -0.25) is 10.1 Å². The van der Waals surface area contributed by atoms with E-state index in [2.05, 4.69) is 0 Å². The number of nitro benzene ring substituents is 1. The third-order valence-corrected chi connectivity index (χ3v) is 11.6. The highest BCUT2D eigenvalue weighted by atomic mass is 16.8. The maximum absolute atomic E-state index is 11.2. The molecule has 65 heavy (non-hydrogen) atoms. The van der Waals surface area contributed by atoms with Crippen LogP contribution >= 0.6 is 0 Å². The molecule has 5 heterocycles. The third kappa shape index (κ3) is 10.8. The van der Waals surface area contributed by atoms with Gasteiger partial charge in [-0.2, -0.15) is 0 Å². The number of non-ortho nitro benzene ring substituents is 1. The van der Waals surface area contributed by atoms with Gasteiger partial charge in [0.25, 0.3) is 5.69 Å². The van der Waals surface area contributed by atoms with Crippen LogP contribution in [0, 0.1) is 10.1 Å². The molecule has 5 aliphatic rings. The Morgan fingerprint density at radius 3 is 0.985 bits per heavy atom. The van der Waals surface area contributed by atoms with Crippen molar-refractivity contribution in [3.63, 3.8) is 0 Å². The summed E-state index contributed by atoms with van der Waals surface area (Å²) in [4.78, 5) is 10.3. The second-order valence-corrected chi connectivity index (χ2v) is 15.8. The van der Waals surface area contributed by atoms with E-state index >= 15 is 0 Å². The number of hydrogen-bond donors (Lipinski definition) is 16. The molecule has 0 saturated carbocycles. The average molecular weight is 950 g/mol. The van der Waals surface area contributed by atoms with Crippen molar-refractivity contribution in [2.75, 3.05) is 33.0 Å². The first kappa shape index (κ1) is 51.8. The van der Waals surface area contributed by atoms with Gasteiger partial charge in [-0.1, -0.05) is 0 Å². The van der Waals surface area contributed by atoms with Crippen molar-refractivity contribution in [1.82, 2.24) is 0 Å². The van der Waals surface area contributed by atoms with Gasteiger partial charge in [-0.05, 0) is 12.1 Å². The van der Waals surface area contributed by atoms with E-state index in [9.17, 15) is 91.8 Å². The Labute approximate surface area is 366 Å². The summed E-state index contributed by atoms with van der Waals surface area (Å²) in [6, 6.07) is 4.59. The van der Waals surface area contributed by atoms with Crippen LogP contribution in [0.4, 0.5) is 5.69 Å². The topological polar surface area (TPSA) is 459 Å². The Balaban J connectivity index is 1.07. The molecule has 0 unspecified atom stereocenters. The van der Waals surface area contributed by atoms with Gasteiger partial charge in [0, 0.05) is 12.1 Å². The molecule has 29 nitrogen and oxygen atoms in total. The molecular weight excluding hydrogens is 894 g/mol. The SMILES string of the molecule is O=[N+]([O-])c1ccc(O[C@H]2O[C@@H](CO)[C@H](O[C@@H]3O[C@H](CO)[C@@H](O[C@@H]4O[C@H](CO)[C@@H](O[C@@H]5O[C@H](CO)[C@@H](O[C@@H]6O[C@H](CO)[C@H](O)[C@H](O)[C@@H]6O)[C@H](O)[C@@H]5O)[C@H](O)[C@@H]4O)[C@H](O)[C@@H]3O)[C@@H](O)[C@@H]2O)cc1. The van der Waals surface area contributed by atoms with E-state index in [4.69, 9.17) is 47.4 Å². The predicted molar refractivity (Wildman–Crippen MR) is 198 cm³/mol. The molecule has 0 aromatic heterocycles. The molecule has 1 aromatic rings. The lowest BCUT2D eigenvalue weighted by Gasteiger charge is -2.49. The summed E-state index contributed by atoms with van der Waals surface area (Å²) in [5, 5.41) is 180. The molecule has 0 radical (unpaired) electrons. The highest BCUT2D eigenvalue weighted by molar-refractivity contribution is 5.36. The minimum Gasteiger partial charge on any atom is -0.462 e. The molecule has 5 aliphatic heterocycles. The van der Waals surface area contributed by atoms with Gasteiger partial charge < -0.3 is 129 Å². The monoisotopic (exact) mass is 949 g/mol. The van der Waals surface area contributed by atoms with Crippen LogP contribution in [0.3, 0.4) is 0 Å². The van der Waals surface area contributed by atoms with E-state index in [0.717, 1.165) is 12.1 Å². The zero-order chi connectivity index (χ0) is 47.6. The van der Waals surface area contributed by atoms with Crippen molar-refractivity contribution in [2.24, 2.45) is 0 Å². The minimum atomic E-state index is -2.15. The Hall–Kier alpha value is -2.58. The summed E-state index contributed by atoms with van der Waals surface area (Å²) in [6.07, 6.45) is -46.2. The van der Waals surface area contributed by atoms with Crippen molar-refractivity contribution in [2.45, 2.75) is 154 Å². The van der Waals surface area contributed by atoms with Gasteiger partial charge in [0.2, 0.25) is 6.29 Å². The van der Waals surface area contributed by atoms with Crippen molar-refractivity contribution in [1.29, 1.82) is 0 Å². The first-order chi connectivity index (χ1) is 30.9. The molecule has 16 N–H and O–H groups in total. The van der Waals surface area contributed by atoms with Crippen molar-refractivity contribution in [3.8, 4) is 5.75 Å². The zero-order valence-electron chi connectivity index (χ0n) is 33.8. The van der Waals surface area contributed by atoms with E-state index in [0.29, 0.717) is 0 Å². The number of hydrogen-bond acceptors (Lipinski definition) is 28. The fourth-order valence-corrected chi connectivity index (χ4v) is 7.90. The number of nitrogens with zero attached hydrogens (tertiary/aromatic N) is 1. The standard InChI is InChI=1S/C36H55NO28/c38-5-12-17(43)18(44)23(49)33(57-12)62-29-14(7-40)59-35(25(51)20(29)46)64-31-16(9-42)61-36(27(53)22(31)48)65-30-15(8-41)60-34(26(52)21(30)47)63-28-13(6-39)58-32(24(50)19(28)45)56-11-3-1-10(2-4-11)37(54)55/h1-4,12-36,38-53H,5-9H2/t12-,13+,14-,15-,16-,17+,18+,19+,20-,21-,22-,23+,24+,25+,26+,27+,28+,29-,30-,31-,32+,33+,34+,35+,36+/m1/s1. The van der Waals surface area contributed by atoms with E-state index in [1.165, 1.54) is 12.1 Å². The maximum atomic E-state index is 11.2. The molecule has 372 valence electrons. The van der Waals surface area contributed by atoms with E-state index < -0.39 is 191 Å². The van der Waals surface area contributed by atoms with Crippen LogP contribution in [0.15, 0.2) is 24.3 Å². The van der Waals surface area contributed by atoms with Gasteiger partial charge in [-0.15, -0.1) is 0 Å². The van der Waals surface area contributed by atoms with Crippen LogP contribution in [-0.2, 0) is 42.6 Å². The third-order valence-electron chi connectivity index (χ3n) is 11.6. The van der Waals surface area contributed by atoms with E-state index in [1.807, 2.05) is 0 Å². The fourth-order valence-electron chi connectivity index (χ4n) is 7.90. The van der Waals surface area contributed by atoms with Crippen LogP contribution in [0.2, 0.25) is 0 Å². The number of ether oxygens (including phenoxy) is 10. The van der Waals surface area contributed by atoms with Gasteiger partial charge in [-0.25, -0.2) is 0 Å². The summed E-state index contributed by atoms with van der Waals surface area (Å²) in [5.41, 5.74) is -0.267. The Morgan fingerprint density at radius 1 is 0.400 bits per heavy atom. The van der Waals surface area contributed by atoms with Crippen LogP contribution in [0.1, 0.15) is 0 Å². The average Bonchev–Trinajstić information content (AvgIpc) is 3.30. The van der Waals surface area contributed by atoms with Crippen molar-refractivity contribution < 1.29 is 134 Å². The summed E-state index contributed by atoms with van der Waals surface area (Å²) in [5.74, 6) is -0.0196. The summed E-state index contributed by atoms with van der Waals surface area (Å²) < 4.78 is 55.6. The van der Waals surface area contributed by atoms with E-state index in [-0.39, 0.29) is 11.4 Å². The smallest absolute Gasteiger partial charge is 0.269 e. The van der Waals surface area contributed by atoms with Gasteiger partial charge in [0.1, 0.15) is 128 Å². The van der Waals surface area contributed by atoms with Gasteiger partial charge >= 0.3 is 0 Å². The summed E-state index contributed by atoms with van der Waals surface area (Å²) >= 11 is 0. The van der Waals surface area contributed by atoms with Crippen LogP contribution in [-0.4, -0.2) is 273 Å².